The number of nitrogens with zero attached hydrogens (tertiary/aromatic N) is 4. The Morgan fingerprint density at radius 2 is 2.15 bits per heavy atom. The summed E-state index contributed by atoms with van der Waals surface area (Å²) in [6.07, 6.45) is 1.57. The molecular weight excluding hydrogens is 254 g/mol. The highest BCUT2D eigenvalue weighted by Crippen LogP contribution is 2.20. The number of hydrogen-bond donors (Lipinski definition) is 1. The molecule has 104 valence electrons. The summed E-state index contributed by atoms with van der Waals surface area (Å²) in [5, 5.41) is 3.81. The summed E-state index contributed by atoms with van der Waals surface area (Å²) in [5.74, 6) is 2.36. The smallest absolute Gasteiger partial charge is 0.228 e. The van der Waals surface area contributed by atoms with Crippen LogP contribution in [-0.4, -0.2) is 19.7 Å². The Bertz CT molecular complexity index is 743. The molecule has 3 rings (SSSR count). The highest BCUT2D eigenvalue weighted by atomic mass is 16.5. The van der Waals surface area contributed by atoms with Gasteiger partial charge in [0.1, 0.15) is 5.82 Å². The van der Waals surface area contributed by atoms with Crippen LogP contribution in [0, 0.1) is 6.92 Å². The first-order chi connectivity index (χ1) is 9.67. The van der Waals surface area contributed by atoms with Crippen molar-refractivity contribution in [3.05, 3.63) is 35.7 Å². The summed E-state index contributed by atoms with van der Waals surface area (Å²) < 4.78 is 7.34. The van der Waals surface area contributed by atoms with Crippen LogP contribution in [0.4, 0.5) is 5.69 Å². The molecule has 0 amide bonds. The number of benzene rings is 1. The van der Waals surface area contributed by atoms with E-state index < -0.39 is 0 Å². The van der Waals surface area contributed by atoms with Crippen molar-refractivity contribution in [3.63, 3.8) is 0 Å². The van der Waals surface area contributed by atoms with Crippen LogP contribution < -0.4 is 5.73 Å². The summed E-state index contributed by atoms with van der Waals surface area (Å²) in [4.78, 5) is 8.85. The van der Waals surface area contributed by atoms with Gasteiger partial charge in [-0.2, -0.15) is 4.98 Å². The first-order valence-electron chi connectivity index (χ1n) is 6.71. The van der Waals surface area contributed by atoms with Gasteiger partial charge in [-0.15, -0.1) is 0 Å². The number of fused-ring (bicyclic) bond motifs is 1. The Balaban J connectivity index is 1.93. The van der Waals surface area contributed by atoms with E-state index in [4.69, 9.17) is 10.3 Å². The number of hydrogen-bond acceptors (Lipinski definition) is 5. The largest absolute Gasteiger partial charge is 0.399 e. The van der Waals surface area contributed by atoms with E-state index in [0.717, 1.165) is 35.5 Å². The molecule has 3 aromatic rings. The van der Waals surface area contributed by atoms with Gasteiger partial charge in [0.05, 0.1) is 11.0 Å². The van der Waals surface area contributed by atoms with E-state index in [0.29, 0.717) is 18.1 Å². The molecular formula is C14H17N5O. The van der Waals surface area contributed by atoms with Gasteiger partial charge >= 0.3 is 0 Å². The number of nitrogens with two attached hydrogens (primary N) is 1. The van der Waals surface area contributed by atoms with E-state index in [2.05, 4.69) is 26.6 Å². The lowest BCUT2D eigenvalue weighted by molar-refractivity contribution is 0.368. The fourth-order valence-corrected chi connectivity index (χ4v) is 2.37. The van der Waals surface area contributed by atoms with Crippen molar-refractivity contribution >= 4 is 16.7 Å². The number of aryl methyl sites for hydroxylation is 4. The quantitative estimate of drug-likeness (QED) is 0.735. The maximum absolute atomic E-state index is 5.81. The molecule has 0 atom stereocenters. The third-order valence-corrected chi connectivity index (χ3v) is 3.29. The molecule has 6 heteroatoms. The second-order valence-corrected chi connectivity index (χ2v) is 4.77. The SMILES string of the molecule is CCc1nc2cc(N)ccc2n1CCc1nc(C)no1. The van der Waals surface area contributed by atoms with Crippen LogP contribution in [0.5, 0.6) is 0 Å². The normalized spacial score (nSPS) is 11.3. The van der Waals surface area contributed by atoms with Crippen molar-refractivity contribution < 1.29 is 4.52 Å². The molecule has 2 aromatic heterocycles. The third kappa shape index (κ3) is 2.24. The van der Waals surface area contributed by atoms with Crippen LogP contribution >= 0.6 is 0 Å². The lowest BCUT2D eigenvalue weighted by Gasteiger charge is -2.06. The number of imidazole rings is 1. The Kier molecular flexibility index (Phi) is 3.14. The average Bonchev–Trinajstić information content (AvgIpc) is 2.99. The average molecular weight is 271 g/mol. The van der Waals surface area contributed by atoms with Gasteiger partial charge < -0.3 is 14.8 Å². The topological polar surface area (TPSA) is 82.8 Å². The molecule has 2 heterocycles. The minimum absolute atomic E-state index is 0.654. The molecule has 0 radical (unpaired) electrons. The maximum atomic E-state index is 5.81. The van der Waals surface area contributed by atoms with E-state index in [1.54, 1.807) is 0 Å². The lowest BCUT2D eigenvalue weighted by atomic mass is 10.3. The molecule has 0 saturated heterocycles. The van der Waals surface area contributed by atoms with Crippen LogP contribution in [-0.2, 0) is 19.4 Å². The molecule has 0 spiro atoms. The number of anilines is 1. The zero-order valence-corrected chi connectivity index (χ0v) is 11.6. The van der Waals surface area contributed by atoms with Crippen LogP contribution in [0.15, 0.2) is 22.7 Å². The van der Waals surface area contributed by atoms with E-state index in [9.17, 15) is 0 Å². The molecule has 0 fully saturated rings. The van der Waals surface area contributed by atoms with E-state index in [1.165, 1.54) is 0 Å². The Morgan fingerprint density at radius 1 is 1.30 bits per heavy atom. The minimum Gasteiger partial charge on any atom is -0.399 e. The first-order valence-corrected chi connectivity index (χ1v) is 6.71. The van der Waals surface area contributed by atoms with Gasteiger partial charge in [-0.3, -0.25) is 0 Å². The predicted molar refractivity (Wildman–Crippen MR) is 76.3 cm³/mol. The molecule has 0 saturated carbocycles. The number of rotatable bonds is 4. The molecule has 1 aromatic carbocycles. The molecule has 0 bridgehead atoms. The van der Waals surface area contributed by atoms with Gasteiger partial charge in [0.2, 0.25) is 5.89 Å². The summed E-state index contributed by atoms with van der Waals surface area (Å²) in [7, 11) is 0. The van der Waals surface area contributed by atoms with Crippen LogP contribution in [0.3, 0.4) is 0 Å². The second-order valence-electron chi connectivity index (χ2n) is 4.77. The zero-order valence-electron chi connectivity index (χ0n) is 11.6. The predicted octanol–water partition coefficient (Wildman–Crippen LogP) is 2.12. The van der Waals surface area contributed by atoms with Gasteiger partial charge in [0.25, 0.3) is 0 Å². The van der Waals surface area contributed by atoms with Gasteiger partial charge in [-0.05, 0) is 25.1 Å². The fourth-order valence-electron chi connectivity index (χ4n) is 2.37. The van der Waals surface area contributed by atoms with Gasteiger partial charge in [0.15, 0.2) is 5.82 Å². The fraction of sp³-hybridized carbons (Fsp3) is 0.357. The van der Waals surface area contributed by atoms with Crippen molar-refractivity contribution in [1.29, 1.82) is 0 Å². The Morgan fingerprint density at radius 3 is 2.85 bits per heavy atom. The summed E-state index contributed by atoms with van der Waals surface area (Å²) >= 11 is 0. The van der Waals surface area contributed by atoms with E-state index in [-0.39, 0.29) is 0 Å². The monoisotopic (exact) mass is 271 g/mol. The van der Waals surface area contributed by atoms with Crippen molar-refractivity contribution in [2.75, 3.05) is 5.73 Å². The minimum atomic E-state index is 0.654. The Hall–Kier alpha value is -2.37. The summed E-state index contributed by atoms with van der Waals surface area (Å²) in [6.45, 7) is 4.68. The Labute approximate surface area is 116 Å². The molecule has 0 aliphatic rings. The standard InChI is InChI=1S/C14H17N5O/c1-3-13-17-11-8-10(15)4-5-12(11)19(13)7-6-14-16-9(2)18-20-14/h4-5,8H,3,6-7,15H2,1-2H3. The van der Waals surface area contributed by atoms with Crippen LogP contribution in [0.2, 0.25) is 0 Å². The lowest BCUT2D eigenvalue weighted by Crippen LogP contribution is -2.05. The van der Waals surface area contributed by atoms with Crippen LogP contribution in [0.1, 0.15) is 24.5 Å². The van der Waals surface area contributed by atoms with E-state index in [1.807, 2.05) is 25.1 Å². The van der Waals surface area contributed by atoms with Crippen molar-refractivity contribution in [2.24, 2.45) is 0 Å². The summed E-state index contributed by atoms with van der Waals surface area (Å²) in [5.41, 5.74) is 8.57. The molecule has 2 N–H and O–H groups in total. The summed E-state index contributed by atoms with van der Waals surface area (Å²) in [6, 6.07) is 5.81. The van der Waals surface area contributed by atoms with Crippen molar-refractivity contribution in [1.82, 2.24) is 19.7 Å². The molecule has 6 nitrogen and oxygen atoms in total. The molecule has 0 aliphatic heterocycles. The third-order valence-electron chi connectivity index (χ3n) is 3.29. The van der Waals surface area contributed by atoms with Crippen molar-refractivity contribution in [2.45, 2.75) is 33.2 Å². The highest BCUT2D eigenvalue weighted by molar-refractivity contribution is 5.79. The number of nitrogen functional groups attached to an aromatic ring is 1. The van der Waals surface area contributed by atoms with Crippen molar-refractivity contribution in [3.8, 4) is 0 Å². The molecule has 0 unspecified atom stereocenters. The van der Waals surface area contributed by atoms with Gasteiger partial charge in [-0.25, -0.2) is 4.98 Å². The van der Waals surface area contributed by atoms with Gasteiger partial charge in [0, 0.05) is 25.1 Å². The van der Waals surface area contributed by atoms with E-state index >= 15 is 0 Å². The molecule has 0 aliphatic carbocycles. The molecule has 20 heavy (non-hydrogen) atoms. The maximum Gasteiger partial charge on any atom is 0.228 e. The zero-order chi connectivity index (χ0) is 14.1. The number of aromatic nitrogens is 4. The first kappa shape index (κ1) is 12.7. The van der Waals surface area contributed by atoms with Crippen LogP contribution in [0.25, 0.3) is 11.0 Å². The van der Waals surface area contributed by atoms with Gasteiger partial charge in [-0.1, -0.05) is 12.1 Å². The second kappa shape index (κ2) is 4.96. The highest BCUT2D eigenvalue weighted by Gasteiger charge is 2.11.